The van der Waals surface area contributed by atoms with Crippen molar-refractivity contribution in [1.82, 2.24) is 0 Å². The minimum atomic E-state index is -0.378. The van der Waals surface area contributed by atoms with Crippen molar-refractivity contribution in [2.75, 3.05) is 5.73 Å². The van der Waals surface area contributed by atoms with E-state index in [1.807, 2.05) is 30.3 Å². The van der Waals surface area contributed by atoms with Crippen LogP contribution >= 0.6 is 11.8 Å². The van der Waals surface area contributed by atoms with E-state index >= 15 is 0 Å². The molecule has 0 spiro atoms. The number of nitriles is 1. The van der Waals surface area contributed by atoms with Gasteiger partial charge in [0.05, 0.1) is 11.6 Å². The number of thioether (sulfide) groups is 1. The van der Waals surface area contributed by atoms with Crippen LogP contribution in [0.4, 0.5) is 10.1 Å². The molecule has 2 rings (SSSR count). The second-order valence-electron chi connectivity index (χ2n) is 3.82. The number of halogens is 1. The van der Waals surface area contributed by atoms with E-state index in [2.05, 4.69) is 0 Å². The molecule has 2 nitrogen and oxygen atoms in total. The fourth-order valence-electron chi connectivity index (χ4n) is 1.57. The van der Waals surface area contributed by atoms with Gasteiger partial charge in [0.1, 0.15) is 5.82 Å². The van der Waals surface area contributed by atoms with Gasteiger partial charge in [-0.25, -0.2) is 4.39 Å². The molecule has 0 aliphatic heterocycles. The highest BCUT2D eigenvalue weighted by Crippen LogP contribution is 2.25. The summed E-state index contributed by atoms with van der Waals surface area (Å²) < 4.78 is 13.2. The van der Waals surface area contributed by atoms with Crippen molar-refractivity contribution in [2.24, 2.45) is 0 Å². The van der Waals surface area contributed by atoms with Crippen molar-refractivity contribution in [3.05, 3.63) is 59.4 Å². The number of nitrogen functional groups attached to an aromatic ring is 1. The molecule has 0 aliphatic carbocycles. The smallest absolute Gasteiger partial charge is 0.124 e. The minimum Gasteiger partial charge on any atom is -0.399 e. The Kier molecular flexibility index (Phi) is 3.85. The molecule has 18 heavy (non-hydrogen) atoms. The maximum atomic E-state index is 13.2. The van der Waals surface area contributed by atoms with Crippen molar-refractivity contribution in [2.45, 2.75) is 10.6 Å². The van der Waals surface area contributed by atoms with E-state index in [0.29, 0.717) is 17.0 Å². The van der Waals surface area contributed by atoms with Crippen LogP contribution in [0.5, 0.6) is 0 Å². The zero-order chi connectivity index (χ0) is 13.0. The lowest BCUT2D eigenvalue weighted by atomic mass is 10.1. The average Bonchev–Trinajstić information content (AvgIpc) is 2.36. The molecule has 0 fully saturated rings. The maximum Gasteiger partial charge on any atom is 0.124 e. The largest absolute Gasteiger partial charge is 0.399 e. The lowest BCUT2D eigenvalue weighted by molar-refractivity contribution is 0.626. The molecule has 0 atom stereocenters. The zero-order valence-corrected chi connectivity index (χ0v) is 10.4. The van der Waals surface area contributed by atoms with Gasteiger partial charge in [-0.2, -0.15) is 5.26 Å². The van der Waals surface area contributed by atoms with Gasteiger partial charge >= 0.3 is 0 Å². The Morgan fingerprint density at radius 2 is 2.06 bits per heavy atom. The van der Waals surface area contributed by atoms with E-state index in [0.717, 1.165) is 10.5 Å². The second-order valence-corrected chi connectivity index (χ2v) is 4.87. The first-order valence-corrected chi connectivity index (χ1v) is 6.34. The van der Waals surface area contributed by atoms with E-state index in [-0.39, 0.29) is 5.82 Å². The molecular formula is C14H11FN2S. The first kappa shape index (κ1) is 12.5. The predicted octanol–water partition coefficient (Wildman–Crippen LogP) is 3.57. The van der Waals surface area contributed by atoms with Crippen LogP contribution in [0.2, 0.25) is 0 Å². The lowest BCUT2D eigenvalue weighted by Crippen LogP contribution is -1.87. The first-order chi connectivity index (χ1) is 8.67. The van der Waals surface area contributed by atoms with Crippen LogP contribution in [0, 0.1) is 17.1 Å². The molecule has 0 aromatic heterocycles. The summed E-state index contributed by atoms with van der Waals surface area (Å²) in [7, 11) is 0. The van der Waals surface area contributed by atoms with Crippen LogP contribution in [-0.4, -0.2) is 0 Å². The average molecular weight is 258 g/mol. The van der Waals surface area contributed by atoms with Crippen LogP contribution in [0.1, 0.15) is 11.1 Å². The number of benzene rings is 2. The Bertz CT molecular complexity index is 605. The fraction of sp³-hybridized carbons (Fsp3) is 0.0714. The number of anilines is 1. The summed E-state index contributed by atoms with van der Waals surface area (Å²) in [6.45, 7) is 0. The summed E-state index contributed by atoms with van der Waals surface area (Å²) in [5.74, 6) is 0.229. The van der Waals surface area contributed by atoms with Gasteiger partial charge in [0.2, 0.25) is 0 Å². The zero-order valence-electron chi connectivity index (χ0n) is 9.56. The molecule has 0 amide bonds. The molecule has 2 aromatic rings. The minimum absolute atomic E-state index is 0.346. The van der Waals surface area contributed by atoms with Gasteiger partial charge in [0, 0.05) is 16.3 Å². The summed E-state index contributed by atoms with van der Waals surface area (Å²) in [5, 5.41) is 8.77. The Balaban J connectivity index is 2.11. The molecule has 0 heterocycles. The highest BCUT2D eigenvalue weighted by Gasteiger charge is 2.02. The van der Waals surface area contributed by atoms with Crippen LogP contribution in [0.15, 0.2) is 47.4 Å². The van der Waals surface area contributed by atoms with Crippen LogP contribution in [-0.2, 0) is 5.75 Å². The highest BCUT2D eigenvalue weighted by molar-refractivity contribution is 7.98. The monoisotopic (exact) mass is 258 g/mol. The molecule has 4 heteroatoms. The number of hydrogen-bond donors (Lipinski definition) is 1. The van der Waals surface area contributed by atoms with Crippen LogP contribution in [0.25, 0.3) is 0 Å². The SMILES string of the molecule is N#Cc1cc(F)cc(CSc2cccc(N)c2)c1. The molecule has 0 bridgehead atoms. The molecular weight excluding hydrogens is 247 g/mol. The summed E-state index contributed by atoms with van der Waals surface area (Å²) in [6.07, 6.45) is 0. The number of nitrogens with zero attached hydrogens (tertiary/aromatic N) is 1. The van der Waals surface area contributed by atoms with Crippen molar-refractivity contribution in [1.29, 1.82) is 5.26 Å². The molecule has 2 N–H and O–H groups in total. The van der Waals surface area contributed by atoms with Gasteiger partial charge < -0.3 is 5.73 Å². The van der Waals surface area contributed by atoms with Crippen molar-refractivity contribution < 1.29 is 4.39 Å². The predicted molar refractivity (Wildman–Crippen MR) is 71.5 cm³/mol. The van der Waals surface area contributed by atoms with E-state index in [9.17, 15) is 4.39 Å². The van der Waals surface area contributed by atoms with Gasteiger partial charge in [0.15, 0.2) is 0 Å². The summed E-state index contributed by atoms with van der Waals surface area (Å²) in [4.78, 5) is 1.03. The van der Waals surface area contributed by atoms with Gasteiger partial charge in [0.25, 0.3) is 0 Å². The third-order valence-electron chi connectivity index (χ3n) is 2.35. The number of hydrogen-bond acceptors (Lipinski definition) is 3. The third-order valence-corrected chi connectivity index (χ3v) is 3.42. The standard InChI is InChI=1S/C14H11FN2S/c15-12-5-10(8-16)4-11(6-12)9-18-14-3-1-2-13(17)7-14/h1-7H,9,17H2. The van der Waals surface area contributed by atoms with Gasteiger partial charge in [-0.05, 0) is 42.0 Å². The molecule has 2 aromatic carbocycles. The molecule has 0 saturated carbocycles. The number of rotatable bonds is 3. The molecule has 0 radical (unpaired) electrons. The lowest BCUT2D eigenvalue weighted by Gasteiger charge is -2.04. The highest BCUT2D eigenvalue weighted by atomic mass is 32.2. The van der Waals surface area contributed by atoms with Crippen molar-refractivity contribution in [3.63, 3.8) is 0 Å². The van der Waals surface area contributed by atoms with Gasteiger partial charge in [-0.3, -0.25) is 0 Å². The van der Waals surface area contributed by atoms with E-state index < -0.39 is 0 Å². The molecule has 0 unspecified atom stereocenters. The van der Waals surface area contributed by atoms with E-state index in [1.165, 1.54) is 12.1 Å². The summed E-state index contributed by atoms with van der Waals surface area (Å²) in [6, 6.07) is 13.8. The van der Waals surface area contributed by atoms with E-state index in [4.69, 9.17) is 11.0 Å². The van der Waals surface area contributed by atoms with Crippen molar-refractivity contribution >= 4 is 17.4 Å². The Morgan fingerprint density at radius 1 is 1.22 bits per heavy atom. The van der Waals surface area contributed by atoms with E-state index in [1.54, 1.807) is 17.8 Å². The first-order valence-electron chi connectivity index (χ1n) is 5.35. The molecule has 0 aliphatic rings. The van der Waals surface area contributed by atoms with Crippen LogP contribution < -0.4 is 5.73 Å². The fourth-order valence-corrected chi connectivity index (χ4v) is 2.46. The Morgan fingerprint density at radius 3 is 2.78 bits per heavy atom. The molecule has 90 valence electrons. The Hall–Kier alpha value is -1.99. The normalized spacial score (nSPS) is 10.0. The summed E-state index contributed by atoms with van der Waals surface area (Å²) >= 11 is 1.56. The Labute approximate surface area is 109 Å². The summed E-state index contributed by atoms with van der Waals surface area (Å²) in [5.41, 5.74) is 7.52. The molecule has 0 saturated heterocycles. The van der Waals surface area contributed by atoms with Gasteiger partial charge in [-0.1, -0.05) is 6.07 Å². The third kappa shape index (κ3) is 3.25. The van der Waals surface area contributed by atoms with Crippen LogP contribution in [0.3, 0.4) is 0 Å². The topological polar surface area (TPSA) is 49.8 Å². The van der Waals surface area contributed by atoms with Crippen molar-refractivity contribution in [3.8, 4) is 6.07 Å². The second kappa shape index (κ2) is 5.56. The number of nitrogens with two attached hydrogens (primary N) is 1. The van der Waals surface area contributed by atoms with Gasteiger partial charge in [-0.15, -0.1) is 11.8 Å². The maximum absolute atomic E-state index is 13.2. The quantitative estimate of drug-likeness (QED) is 0.676.